The average molecular weight is 333 g/mol. The van der Waals surface area contributed by atoms with Crippen LogP contribution >= 0.6 is 22.9 Å². The molecule has 6 nitrogen and oxygen atoms in total. The molecule has 0 aliphatic heterocycles. The summed E-state index contributed by atoms with van der Waals surface area (Å²) in [5.41, 5.74) is 2.34. The molecule has 9 heteroatoms. The lowest BCUT2D eigenvalue weighted by Gasteiger charge is -2.16. The lowest BCUT2D eigenvalue weighted by molar-refractivity contribution is 0.469. The van der Waals surface area contributed by atoms with Crippen LogP contribution in [0.25, 0.3) is 0 Å². The van der Waals surface area contributed by atoms with Gasteiger partial charge in [-0.3, -0.25) is 0 Å². The number of aromatic nitrogens is 1. The minimum absolute atomic E-state index is 0.113. The zero-order valence-electron chi connectivity index (χ0n) is 10.6. The first-order valence-corrected chi connectivity index (χ1v) is 8.20. The average Bonchev–Trinajstić information content (AvgIpc) is 2.84. The predicted molar refractivity (Wildman–Crippen MR) is 80.0 cm³/mol. The summed E-state index contributed by atoms with van der Waals surface area (Å²) in [5, 5.41) is 0. The van der Waals surface area contributed by atoms with Crippen molar-refractivity contribution in [2.45, 2.75) is 11.4 Å². The predicted octanol–water partition coefficient (Wildman–Crippen LogP) is 1.90. The number of halogens is 1. The number of hydrogen-bond donors (Lipinski definition) is 2. The first kappa shape index (κ1) is 15.2. The third-order valence-electron chi connectivity index (χ3n) is 2.60. The highest BCUT2D eigenvalue weighted by molar-refractivity contribution is 7.89. The second kappa shape index (κ2) is 6.06. The molecule has 0 amide bonds. The fourth-order valence-electron chi connectivity index (χ4n) is 1.54. The summed E-state index contributed by atoms with van der Waals surface area (Å²) in [7, 11) is -2.08. The summed E-state index contributed by atoms with van der Waals surface area (Å²) in [6.07, 6.45) is 1.27. The minimum Gasteiger partial charge on any atom is -0.308 e. The fraction of sp³-hybridized carbons (Fsp3) is 0.182. The van der Waals surface area contributed by atoms with Gasteiger partial charge in [-0.25, -0.2) is 19.2 Å². The van der Waals surface area contributed by atoms with Crippen LogP contribution in [0.4, 0.5) is 5.82 Å². The minimum atomic E-state index is -3.59. The van der Waals surface area contributed by atoms with E-state index in [-0.39, 0.29) is 11.4 Å². The molecule has 20 heavy (non-hydrogen) atoms. The number of hydrogen-bond acceptors (Lipinski definition) is 6. The monoisotopic (exact) mass is 332 g/mol. The van der Waals surface area contributed by atoms with Gasteiger partial charge in [0, 0.05) is 24.7 Å². The topological polar surface area (TPSA) is 88.3 Å². The van der Waals surface area contributed by atoms with E-state index in [2.05, 4.69) is 10.4 Å². The molecule has 2 aromatic rings. The molecule has 0 aliphatic rings. The van der Waals surface area contributed by atoms with E-state index >= 15 is 0 Å². The van der Waals surface area contributed by atoms with E-state index < -0.39 is 10.0 Å². The van der Waals surface area contributed by atoms with Crippen molar-refractivity contribution in [1.82, 2.24) is 9.29 Å². The molecule has 0 unspecified atom stereocenters. The summed E-state index contributed by atoms with van der Waals surface area (Å²) in [5.74, 6) is 5.59. The number of pyridine rings is 1. The van der Waals surface area contributed by atoms with E-state index in [0.717, 1.165) is 4.88 Å². The highest BCUT2D eigenvalue weighted by Crippen LogP contribution is 2.24. The van der Waals surface area contributed by atoms with Crippen LogP contribution in [0.2, 0.25) is 4.34 Å². The third kappa shape index (κ3) is 3.28. The quantitative estimate of drug-likeness (QED) is 0.645. The van der Waals surface area contributed by atoms with Gasteiger partial charge in [-0.05, 0) is 24.3 Å². The molecule has 2 aromatic heterocycles. The van der Waals surface area contributed by atoms with Gasteiger partial charge >= 0.3 is 0 Å². The Morgan fingerprint density at radius 1 is 1.40 bits per heavy atom. The van der Waals surface area contributed by atoms with E-state index in [9.17, 15) is 8.42 Å². The maximum absolute atomic E-state index is 12.3. The van der Waals surface area contributed by atoms with Gasteiger partial charge in [-0.2, -0.15) is 4.31 Å². The van der Waals surface area contributed by atoms with Gasteiger partial charge in [0.15, 0.2) is 0 Å². The second-order valence-electron chi connectivity index (χ2n) is 3.99. The van der Waals surface area contributed by atoms with Crippen LogP contribution in [-0.2, 0) is 16.6 Å². The van der Waals surface area contributed by atoms with Crippen molar-refractivity contribution in [2.75, 3.05) is 12.5 Å². The molecule has 0 saturated heterocycles. The van der Waals surface area contributed by atoms with Crippen LogP contribution in [0.5, 0.6) is 0 Å². The SMILES string of the molecule is CN(Cc1ccc(Cl)s1)S(=O)(=O)c1ccc(NN)nc1. The Morgan fingerprint density at radius 3 is 2.65 bits per heavy atom. The number of nitrogens with two attached hydrogens (primary N) is 1. The van der Waals surface area contributed by atoms with Crippen molar-refractivity contribution in [1.29, 1.82) is 0 Å². The first-order chi connectivity index (χ1) is 9.43. The zero-order valence-corrected chi connectivity index (χ0v) is 13.0. The number of rotatable bonds is 5. The molecule has 0 aliphatic carbocycles. The van der Waals surface area contributed by atoms with Gasteiger partial charge in [0.1, 0.15) is 10.7 Å². The van der Waals surface area contributed by atoms with E-state index in [4.69, 9.17) is 17.4 Å². The highest BCUT2D eigenvalue weighted by Gasteiger charge is 2.21. The number of nitrogens with zero attached hydrogens (tertiary/aromatic N) is 2. The first-order valence-electron chi connectivity index (χ1n) is 5.56. The Morgan fingerprint density at radius 2 is 2.15 bits per heavy atom. The van der Waals surface area contributed by atoms with Crippen LogP contribution < -0.4 is 11.3 Å². The van der Waals surface area contributed by atoms with Crippen molar-refractivity contribution < 1.29 is 8.42 Å². The third-order valence-corrected chi connectivity index (χ3v) is 5.60. The Bertz CT molecular complexity index is 685. The van der Waals surface area contributed by atoms with E-state index in [1.165, 1.54) is 41.0 Å². The molecule has 0 spiro atoms. The normalized spacial score (nSPS) is 11.8. The van der Waals surface area contributed by atoms with Crippen molar-refractivity contribution >= 4 is 38.8 Å². The van der Waals surface area contributed by atoms with Gasteiger partial charge in [-0.1, -0.05) is 11.6 Å². The fourth-order valence-corrected chi connectivity index (χ4v) is 3.86. The van der Waals surface area contributed by atoms with E-state index in [1.54, 1.807) is 12.1 Å². The summed E-state index contributed by atoms with van der Waals surface area (Å²) < 4.78 is 26.6. The van der Waals surface area contributed by atoms with Crippen LogP contribution in [0.15, 0.2) is 35.4 Å². The van der Waals surface area contributed by atoms with Gasteiger partial charge in [0.2, 0.25) is 10.0 Å². The second-order valence-corrected chi connectivity index (χ2v) is 7.83. The zero-order chi connectivity index (χ0) is 14.8. The van der Waals surface area contributed by atoms with E-state index in [1.807, 2.05) is 0 Å². The number of nitrogens with one attached hydrogen (secondary N) is 1. The molecule has 2 rings (SSSR count). The summed E-state index contributed by atoms with van der Waals surface area (Å²) in [6, 6.07) is 6.50. The standard InChI is InChI=1S/C11H13ClN4O2S2/c1-16(7-8-2-4-10(12)19-8)20(17,18)9-3-5-11(15-13)14-6-9/h2-6H,7,13H2,1H3,(H,14,15). The largest absolute Gasteiger partial charge is 0.308 e. The summed E-state index contributed by atoms with van der Waals surface area (Å²) in [6.45, 7) is 0.261. The van der Waals surface area contributed by atoms with Crippen LogP contribution in [-0.4, -0.2) is 24.8 Å². The molecule has 0 aromatic carbocycles. The van der Waals surface area contributed by atoms with Crippen molar-refractivity contribution in [2.24, 2.45) is 5.84 Å². The van der Waals surface area contributed by atoms with Gasteiger partial charge in [-0.15, -0.1) is 11.3 Å². The van der Waals surface area contributed by atoms with Gasteiger partial charge < -0.3 is 5.43 Å². The Kier molecular flexibility index (Phi) is 4.61. The number of nitrogen functional groups attached to an aromatic ring is 1. The molecular weight excluding hydrogens is 320 g/mol. The number of anilines is 1. The Labute approximate surface area is 126 Å². The lowest BCUT2D eigenvalue weighted by Crippen LogP contribution is -2.26. The molecular formula is C11H13ClN4O2S2. The molecule has 108 valence electrons. The van der Waals surface area contributed by atoms with Crippen LogP contribution in [0.1, 0.15) is 4.88 Å². The molecule has 0 saturated carbocycles. The molecule has 0 bridgehead atoms. The Balaban J connectivity index is 2.19. The lowest BCUT2D eigenvalue weighted by atomic mass is 10.5. The van der Waals surface area contributed by atoms with Crippen molar-refractivity contribution in [3.05, 3.63) is 39.7 Å². The van der Waals surface area contributed by atoms with Gasteiger partial charge in [0.25, 0.3) is 0 Å². The molecule has 0 fully saturated rings. The van der Waals surface area contributed by atoms with E-state index in [0.29, 0.717) is 10.2 Å². The number of thiophene rings is 1. The van der Waals surface area contributed by atoms with Crippen LogP contribution in [0.3, 0.4) is 0 Å². The highest BCUT2D eigenvalue weighted by atomic mass is 35.5. The van der Waals surface area contributed by atoms with Crippen molar-refractivity contribution in [3.8, 4) is 0 Å². The molecule has 2 heterocycles. The maximum atomic E-state index is 12.3. The van der Waals surface area contributed by atoms with Crippen molar-refractivity contribution in [3.63, 3.8) is 0 Å². The molecule has 0 radical (unpaired) electrons. The van der Waals surface area contributed by atoms with Crippen LogP contribution in [0, 0.1) is 0 Å². The Hall–Kier alpha value is -1.19. The van der Waals surface area contributed by atoms with Gasteiger partial charge in [0.05, 0.1) is 4.34 Å². The summed E-state index contributed by atoms with van der Waals surface area (Å²) in [4.78, 5) is 4.88. The number of hydrazine groups is 1. The molecule has 0 atom stereocenters. The maximum Gasteiger partial charge on any atom is 0.244 e. The smallest absolute Gasteiger partial charge is 0.244 e. The number of sulfonamides is 1. The summed E-state index contributed by atoms with van der Waals surface area (Å²) >= 11 is 7.18. The molecule has 3 N–H and O–H groups in total.